The largest absolute Gasteiger partial charge is 0.377 e. The van der Waals surface area contributed by atoms with Gasteiger partial charge in [0.1, 0.15) is 0 Å². The van der Waals surface area contributed by atoms with Gasteiger partial charge in [0.2, 0.25) is 0 Å². The lowest BCUT2D eigenvalue weighted by Gasteiger charge is -2.36. The van der Waals surface area contributed by atoms with Crippen LogP contribution in [0, 0.1) is 5.41 Å². The Morgan fingerprint density at radius 1 is 1.16 bits per heavy atom. The molecule has 0 aromatic rings. The molecule has 0 saturated heterocycles. The molecule has 0 aliphatic heterocycles. The van der Waals surface area contributed by atoms with Crippen LogP contribution in [0.2, 0.25) is 0 Å². The van der Waals surface area contributed by atoms with E-state index in [0.717, 1.165) is 26.2 Å². The van der Waals surface area contributed by atoms with Gasteiger partial charge in [-0.25, -0.2) is 0 Å². The van der Waals surface area contributed by atoms with E-state index in [4.69, 9.17) is 4.74 Å². The minimum Gasteiger partial charge on any atom is -0.377 e. The van der Waals surface area contributed by atoms with Crippen molar-refractivity contribution in [3.05, 3.63) is 0 Å². The maximum absolute atomic E-state index is 5.62. The van der Waals surface area contributed by atoms with E-state index in [1.165, 1.54) is 6.42 Å². The second-order valence-corrected chi connectivity index (χ2v) is 7.43. The van der Waals surface area contributed by atoms with Gasteiger partial charge in [-0.15, -0.1) is 0 Å². The van der Waals surface area contributed by atoms with Crippen molar-refractivity contribution in [2.75, 3.05) is 33.3 Å². The summed E-state index contributed by atoms with van der Waals surface area (Å²) in [5.41, 5.74) is 0.510. The van der Waals surface area contributed by atoms with Crippen LogP contribution in [0.1, 0.15) is 54.9 Å². The molecule has 1 atom stereocenters. The summed E-state index contributed by atoms with van der Waals surface area (Å²) in [7, 11) is 2.19. The highest BCUT2D eigenvalue weighted by Gasteiger charge is 2.25. The van der Waals surface area contributed by atoms with Crippen molar-refractivity contribution in [3.8, 4) is 0 Å². The minimum absolute atomic E-state index is 0.190. The molecule has 1 N–H and O–H groups in total. The number of likely N-dealkylation sites (N-methyl/N-ethyl adjacent to an activating group) is 1. The highest BCUT2D eigenvalue weighted by Crippen LogP contribution is 2.22. The van der Waals surface area contributed by atoms with Gasteiger partial charge in [-0.3, -0.25) is 0 Å². The lowest BCUT2D eigenvalue weighted by molar-refractivity contribution is 0.0545. The maximum Gasteiger partial charge on any atom is 0.0596 e. The van der Waals surface area contributed by atoms with E-state index in [2.05, 4.69) is 65.7 Å². The highest BCUT2D eigenvalue weighted by atomic mass is 16.5. The quantitative estimate of drug-likeness (QED) is 0.698. The summed E-state index contributed by atoms with van der Waals surface area (Å²) in [4.78, 5) is 2.39. The van der Waals surface area contributed by atoms with E-state index in [1.54, 1.807) is 0 Å². The average molecular weight is 272 g/mol. The molecule has 0 radical (unpaired) electrons. The summed E-state index contributed by atoms with van der Waals surface area (Å²) in [6, 6.07) is 0. The second-order valence-electron chi connectivity index (χ2n) is 7.43. The molecule has 116 valence electrons. The third-order valence-electron chi connectivity index (χ3n) is 3.47. The first-order valence-electron chi connectivity index (χ1n) is 7.63. The Morgan fingerprint density at radius 2 is 1.74 bits per heavy atom. The Bertz CT molecular complexity index is 235. The van der Waals surface area contributed by atoms with Crippen LogP contribution >= 0.6 is 0 Å². The van der Waals surface area contributed by atoms with Gasteiger partial charge < -0.3 is 15.0 Å². The van der Waals surface area contributed by atoms with Crippen molar-refractivity contribution in [1.29, 1.82) is 0 Å². The van der Waals surface area contributed by atoms with E-state index in [1.807, 2.05) is 0 Å². The van der Waals surface area contributed by atoms with Crippen molar-refractivity contribution >= 4 is 0 Å². The summed E-state index contributed by atoms with van der Waals surface area (Å²) in [6.45, 7) is 19.5. The monoisotopic (exact) mass is 272 g/mol. The van der Waals surface area contributed by atoms with Crippen LogP contribution in [0.4, 0.5) is 0 Å². The molecule has 3 nitrogen and oxygen atoms in total. The first-order chi connectivity index (χ1) is 8.58. The molecule has 0 aromatic heterocycles. The molecule has 0 rings (SSSR count). The van der Waals surface area contributed by atoms with Crippen LogP contribution in [0.15, 0.2) is 0 Å². The van der Waals surface area contributed by atoms with Crippen molar-refractivity contribution in [2.24, 2.45) is 5.41 Å². The summed E-state index contributed by atoms with van der Waals surface area (Å²) in [6.07, 6.45) is 1.51. The normalized spacial score (nSPS) is 16.1. The van der Waals surface area contributed by atoms with Crippen molar-refractivity contribution < 1.29 is 4.74 Å². The highest BCUT2D eigenvalue weighted by molar-refractivity contribution is 4.82. The lowest BCUT2D eigenvalue weighted by Crippen LogP contribution is -2.47. The van der Waals surface area contributed by atoms with Crippen LogP contribution in [0.25, 0.3) is 0 Å². The molecule has 0 aromatic carbocycles. The topological polar surface area (TPSA) is 24.5 Å². The summed E-state index contributed by atoms with van der Waals surface area (Å²) >= 11 is 0. The van der Waals surface area contributed by atoms with Gasteiger partial charge >= 0.3 is 0 Å². The fourth-order valence-electron chi connectivity index (χ4n) is 1.95. The van der Waals surface area contributed by atoms with Gasteiger partial charge in [-0.05, 0) is 53.5 Å². The average Bonchev–Trinajstić information content (AvgIpc) is 2.25. The lowest BCUT2D eigenvalue weighted by atomic mass is 9.86. The van der Waals surface area contributed by atoms with E-state index in [9.17, 15) is 0 Å². The zero-order chi connectivity index (χ0) is 15.1. The van der Waals surface area contributed by atoms with Crippen molar-refractivity contribution in [1.82, 2.24) is 10.2 Å². The molecule has 0 aliphatic carbocycles. The molecule has 0 spiro atoms. The first-order valence-corrected chi connectivity index (χ1v) is 7.63. The van der Waals surface area contributed by atoms with E-state index in [0.29, 0.717) is 11.5 Å². The smallest absolute Gasteiger partial charge is 0.0596 e. The maximum atomic E-state index is 5.62. The molecule has 0 heterocycles. The molecule has 1 unspecified atom stereocenters. The first kappa shape index (κ1) is 18.9. The standard InChI is InChI=1S/C16H36N2O/c1-9-16(7,12-17-15(4,5)6)13-18(8)10-11-19-14(2)3/h14,17H,9-13H2,1-8H3. The van der Waals surface area contributed by atoms with Gasteiger partial charge in [-0.1, -0.05) is 13.8 Å². The molecule has 3 heteroatoms. The third-order valence-corrected chi connectivity index (χ3v) is 3.47. The third kappa shape index (κ3) is 10.3. The zero-order valence-electron chi connectivity index (χ0n) is 14.5. The fourth-order valence-corrected chi connectivity index (χ4v) is 1.95. The van der Waals surface area contributed by atoms with Crippen LogP contribution in [-0.2, 0) is 4.74 Å². The van der Waals surface area contributed by atoms with Crippen LogP contribution in [0.5, 0.6) is 0 Å². The molecule has 19 heavy (non-hydrogen) atoms. The Kier molecular flexibility index (Phi) is 8.18. The number of rotatable bonds is 9. The Labute approximate surface area is 121 Å². The Morgan fingerprint density at radius 3 is 2.16 bits per heavy atom. The predicted molar refractivity (Wildman–Crippen MR) is 84.7 cm³/mol. The van der Waals surface area contributed by atoms with Crippen molar-refractivity contribution in [3.63, 3.8) is 0 Å². The molecular formula is C16H36N2O. The van der Waals surface area contributed by atoms with E-state index in [-0.39, 0.29) is 5.54 Å². The molecule has 0 amide bonds. The van der Waals surface area contributed by atoms with Gasteiger partial charge in [-0.2, -0.15) is 0 Å². The summed E-state index contributed by atoms with van der Waals surface area (Å²) in [5.74, 6) is 0. The summed E-state index contributed by atoms with van der Waals surface area (Å²) in [5, 5.41) is 3.64. The van der Waals surface area contributed by atoms with Gasteiger partial charge in [0.25, 0.3) is 0 Å². The SMILES string of the molecule is CCC(C)(CNC(C)(C)C)CN(C)CCOC(C)C. The fraction of sp³-hybridized carbons (Fsp3) is 1.00. The van der Waals surface area contributed by atoms with E-state index < -0.39 is 0 Å². The van der Waals surface area contributed by atoms with Crippen molar-refractivity contribution in [2.45, 2.75) is 66.5 Å². The number of nitrogens with one attached hydrogen (secondary N) is 1. The van der Waals surface area contributed by atoms with E-state index >= 15 is 0 Å². The number of hydrogen-bond donors (Lipinski definition) is 1. The zero-order valence-corrected chi connectivity index (χ0v) is 14.5. The van der Waals surface area contributed by atoms with Crippen LogP contribution < -0.4 is 5.32 Å². The van der Waals surface area contributed by atoms with Gasteiger partial charge in [0, 0.05) is 25.2 Å². The number of hydrogen-bond acceptors (Lipinski definition) is 3. The molecule has 0 bridgehead atoms. The molecule has 0 aliphatic rings. The van der Waals surface area contributed by atoms with Gasteiger partial charge in [0.15, 0.2) is 0 Å². The minimum atomic E-state index is 0.190. The second kappa shape index (κ2) is 8.23. The van der Waals surface area contributed by atoms with Crippen LogP contribution in [0.3, 0.4) is 0 Å². The Balaban J connectivity index is 4.13. The number of nitrogens with zero attached hydrogens (tertiary/aromatic N) is 1. The summed E-state index contributed by atoms with van der Waals surface area (Å²) < 4.78 is 5.62. The molecule has 0 fully saturated rings. The Hall–Kier alpha value is -0.120. The van der Waals surface area contributed by atoms with Crippen LogP contribution in [-0.4, -0.2) is 49.8 Å². The molecular weight excluding hydrogens is 236 g/mol. The molecule has 0 saturated carbocycles. The predicted octanol–water partition coefficient (Wildman–Crippen LogP) is 3.15. The van der Waals surface area contributed by atoms with Gasteiger partial charge in [0.05, 0.1) is 12.7 Å². The number of ether oxygens (including phenoxy) is 1.